The van der Waals surface area contributed by atoms with Gasteiger partial charge in [0.1, 0.15) is 24.0 Å². The molecular weight excluding hydrogens is 805 g/mol. The summed E-state index contributed by atoms with van der Waals surface area (Å²) >= 11 is 0. The molecule has 0 N–H and O–H groups in total. The van der Waals surface area contributed by atoms with E-state index in [1.54, 1.807) is 0 Å². The van der Waals surface area contributed by atoms with Gasteiger partial charge < -0.3 is 14.5 Å². The monoisotopic (exact) mass is 861 g/mol. The lowest BCUT2D eigenvalue weighted by molar-refractivity contribution is 0.483. The van der Waals surface area contributed by atoms with Gasteiger partial charge >= 0.3 is 0 Å². The summed E-state index contributed by atoms with van der Waals surface area (Å²) in [4.78, 5) is 9.39. The molecule has 5 heteroatoms. The maximum atomic E-state index is 9.14. The zero-order chi connectivity index (χ0) is 49.3. The van der Waals surface area contributed by atoms with Crippen molar-refractivity contribution >= 4 is 44.6 Å². The van der Waals surface area contributed by atoms with E-state index in [1.165, 1.54) is 5.56 Å². The van der Waals surface area contributed by atoms with Crippen LogP contribution >= 0.6 is 0 Å². The Hall–Kier alpha value is -7.89. The highest BCUT2D eigenvalue weighted by atomic mass is 16.5. The molecule has 0 saturated carbocycles. The summed E-state index contributed by atoms with van der Waals surface area (Å²) in [7, 11) is 0. The lowest BCUT2D eigenvalue weighted by Crippen LogP contribution is -2.25. The molecule has 0 spiro atoms. The van der Waals surface area contributed by atoms with Crippen LogP contribution < -0.4 is 14.5 Å². The zero-order valence-corrected chi connectivity index (χ0v) is 37.7. The van der Waals surface area contributed by atoms with Crippen LogP contribution in [-0.4, -0.2) is 16.2 Å². The van der Waals surface area contributed by atoms with E-state index in [2.05, 4.69) is 170 Å². The summed E-state index contributed by atoms with van der Waals surface area (Å²) in [5.74, 6) is 2.16. The van der Waals surface area contributed by atoms with Crippen LogP contribution in [0.4, 0.5) is 22.7 Å². The van der Waals surface area contributed by atoms with Crippen molar-refractivity contribution in [3.8, 4) is 39.6 Å². The topological polar surface area (TPSA) is 33.5 Å². The number of fused-ring (bicyclic) bond motifs is 4. The molecule has 0 aliphatic carbocycles. The predicted molar refractivity (Wildman–Crippen MR) is 275 cm³/mol. The Kier molecular flexibility index (Phi) is 8.74. The van der Waals surface area contributed by atoms with Crippen molar-refractivity contribution in [3.63, 3.8) is 0 Å². The van der Waals surface area contributed by atoms with Gasteiger partial charge in [0.2, 0.25) is 0 Å². The van der Waals surface area contributed by atoms with E-state index >= 15 is 0 Å². The number of nitrogens with zero attached hydrogens (tertiary/aromatic N) is 4. The lowest BCUT2D eigenvalue weighted by Gasteiger charge is -2.28. The quantitative estimate of drug-likeness (QED) is 0.145. The number of ether oxygens (including phenoxy) is 1. The van der Waals surface area contributed by atoms with Crippen molar-refractivity contribution < 1.29 is 11.6 Å². The lowest BCUT2D eigenvalue weighted by atomic mass is 9.78. The molecule has 0 saturated heterocycles. The number of hydrogen-bond acceptors (Lipinski definition) is 4. The summed E-state index contributed by atoms with van der Waals surface area (Å²) < 4.78 is 53.0. The van der Waals surface area contributed by atoms with E-state index in [4.69, 9.17) is 16.6 Å². The third-order valence-electron chi connectivity index (χ3n) is 13.1. The van der Waals surface area contributed by atoms with E-state index in [9.17, 15) is 0 Å². The van der Waals surface area contributed by atoms with Gasteiger partial charge in [-0.15, -0.1) is 0 Å². The highest BCUT2D eigenvalue weighted by molar-refractivity contribution is 6.09. The number of anilines is 4. The highest BCUT2D eigenvalue weighted by Gasteiger charge is 2.32. The van der Waals surface area contributed by atoms with Gasteiger partial charge in [0.05, 0.1) is 34.9 Å². The fourth-order valence-corrected chi connectivity index (χ4v) is 9.50. The van der Waals surface area contributed by atoms with Gasteiger partial charge in [-0.3, -0.25) is 4.57 Å². The molecule has 2 aromatic heterocycles. The van der Waals surface area contributed by atoms with Gasteiger partial charge in [-0.2, -0.15) is 0 Å². The molecule has 1 aliphatic rings. The fraction of sp³-hybridized carbons (Fsp3) is 0.131. The second-order valence-corrected chi connectivity index (χ2v) is 18.5. The fourth-order valence-electron chi connectivity index (χ4n) is 9.50. The first-order valence-electron chi connectivity index (χ1n) is 25.0. The number of aromatic nitrogens is 2. The van der Waals surface area contributed by atoms with Crippen molar-refractivity contribution in [1.82, 2.24) is 9.55 Å². The zero-order valence-electron chi connectivity index (χ0n) is 42.7. The van der Waals surface area contributed by atoms with Gasteiger partial charge in [0, 0.05) is 51.3 Å². The van der Waals surface area contributed by atoms with Gasteiger partial charge in [-0.25, -0.2) is 4.98 Å². The van der Waals surface area contributed by atoms with Crippen molar-refractivity contribution in [2.75, 3.05) is 16.5 Å². The Bertz CT molecular complexity index is 3680. The second-order valence-electron chi connectivity index (χ2n) is 18.5. The summed E-state index contributed by atoms with van der Waals surface area (Å²) in [5.41, 5.74) is 11.2. The molecule has 0 fully saturated rings. The third kappa shape index (κ3) is 7.27. The SMILES string of the molecule is [2H]c1c([2H])c([2H])c(-c2cccc(-c3cccc(C(C)(C)C)c3)c2N2CN(c3cccc(Oc4ccc5c6ccccc6n(-c6cc(C(C)(C)c7ccccc7)ccn6)c5c4)c3)c3ccccc32)c([2H])c1[2H]. The Labute approximate surface area is 394 Å². The number of benzene rings is 8. The molecule has 1 aliphatic heterocycles. The molecule has 3 heterocycles. The Morgan fingerprint density at radius 1 is 0.515 bits per heavy atom. The number of pyridine rings is 1. The first-order chi connectivity index (χ1) is 34.2. The van der Waals surface area contributed by atoms with E-state index in [1.807, 2.05) is 60.8 Å². The van der Waals surface area contributed by atoms with Gasteiger partial charge in [0.25, 0.3) is 0 Å². The maximum absolute atomic E-state index is 9.14. The minimum Gasteiger partial charge on any atom is -0.457 e. The van der Waals surface area contributed by atoms with Crippen molar-refractivity contribution in [1.29, 1.82) is 0 Å². The van der Waals surface area contributed by atoms with E-state index in [0.717, 1.165) is 72.6 Å². The molecule has 0 bridgehead atoms. The first kappa shape index (κ1) is 35.5. The summed E-state index contributed by atoms with van der Waals surface area (Å²) in [6.07, 6.45) is 1.90. The summed E-state index contributed by atoms with van der Waals surface area (Å²) in [5, 5.41) is 2.22. The highest BCUT2D eigenvalue weighted by Crippen LogP contribution is 2.50. The maximum Gasteiger partial charge on any atom is 0.137 e. The third-order valence-corrected chi connectivity index (χ3v) is 13.1. The Morgan fingerprint density at radius 2 is 1.18 bits per heavy atom. The largest absolute Gasteiger partial charge is 0.457 e. The molecule has 0 amide bonds. The van der Waals surface area contributed by atoms with Crippen LogP contribution in [0.25, 0.3) is 49.9 Å². The van der Waals surface area contributed by atoms with Crippen LogP contribution in [0.3, 0.4) is 0 Å². The van der Waals surface area contributed by atoms with Gasteiger partial charge in [-0.05, 0) is 87.8 Å². The van der Waals surface area contributed by atoms with Crippen LogP contribution in [0.15, 0.2) is 212 Å². The first-order valence-corrected chi connectivity index (χ1v) is 22.5. The average Bonchev–Trinajstić information content (AvgIpc) is 3.93. The normalized spacial score (nSPS) is 13.9. The van der Waals surface area contributed by atoms with Crippen LogP contribution in [-0.2, 0) is 10.8 Å². The average molecular weight is 862 g/mol. The molecule has 0 atom stereocenters. The Morgan fingerprint density at radius 3 is 1.98 bits per heavy atom. The molecule has 5 nitrogen and oxygen atoms in total. The van der Waals surface area contributed by atoms with Crippen LogP contribution in [0.2, 0.25) is 0 Å². The van der Waals surface area contributed by atoms with Gasteiger partial charge in [0.15, 0.2) is 0 Å². The molecule has 10 aromatic rings. The minimum atomic E-state index is -0.424. The summed E-state index contributed by atoms with van der Waals surface area (Å²) in [6.45, 7) is 11.4. The van der Waals surface area contributed by atoms with Crippen molar-refractivity contribution in [2.45, 2.75) is 45.4 Å². The van der Waals surface area contributed by atoms with Gasteiger partial charge in [-0.1, -0.05) is 174 Å². The smallest absolute Gasteiger partial charge is 0.137 e. The van der Waals surface area contributed by atoms with Crippen molar-refractivity contribution in [3.05, 3.63) is 229 Å². The molecular formula is C61H52N4O. The molecule has 66 heavy (non-hydrogen) atoms. The van der Waals surface area contributed by atoms with E-state index in [0.29, 0.717) is 23.7 Å². The Balaban J connectivity index is 0.992. The second kappa shape index (κ2) is 16.3. The minimum absolute atomic E-state index is 0.127. The number of hydrogen-bond donors (Lipinski definition) is 0. The predicted octanol–water partition coefficient (Wildman–Crippen LogP) is 16.2. The van der Waals surface area contributed by atoms with Crippen molar-refractivity contribution in [2.24, 2.45) is 0 Å². The number of rotatable bonds is 9. The molecule has 322 valence electrons. The van der Waals surface area contributed by atoms with E-state index < -0.39 is 6.04 Å². The molecule has 0 radical (unpaired) electrons. The van der Waals surface area contributed by atoms with E-state index in [-0.39, 0.29) is 40.6 Å². The standard InChI is InChI=1S/C61H52N4O/c1-60(2,3)45-24-16-21-43(37-45)51-29-18-28-50(42-19-8-6-9-20-42)59(51)64-41-63(55-31-14-15-32-56(55)64)47-25-17-26-48(39-47)66-49-33-34-53-52-27-12-13-30-54(52)65(57(53)40-49)58-38-46(35-36-62-58)61(4,5)44-22-10-7-11-23-44/h6-40H,41H2,1-5H3/i6D,8D,9D,19D,20D. The summed E-state index contributed by atoms with van der Waals surface area (Å²) in [6, 6.07) is 58.5. The molecule has 8 aromatic carbocycles. The van der Waals surface area contributed by atoms with Crippen LogP contribution in [0, 0.1) is 0 Å². The molecule has 11 rings (SSSR count). The van der Waals surface area contributed by atoms with Crippen LogP contribution in [0.5, 0.6) is 11.5 Å². The van der Waals surface area contributed by atoms with Crippen LogP contribution in [0.1, 0.15) is 58.2 Å². The number of para-hydroxylation sites is 4. The molecule has 0 unspecified atom stereocenters.